The van der Waals surface area contributed by atoms with E-state index >= 15 is 0 Å². The van der Waals surface area contributed by atoms with Gasteiger partial charge in [-0.3, -0.25) is 4.79 Å². The zero-order valence-corrected chi connectivity index (χ0v) is 9.05. The zero-order chi connectivity index (χ0) is 10.7. The number of benzene rings is 1. The third-order valence-corrected chi connectivity index (χ3v) is 2.25. The number of amides is 1. The van der Waals surface area contributed by atoms with Crippen LogP contribution in [0.25, 0.3) is 0 Å². The smallest absolute Gasteiger partial charge is 0.258 e. The predicted molar refractivity (Wildman–Crippen MR) is 53.4 cm³/mol. The van der Waals surface area contributed by atoms with Crippen molar-refractivity contribution < 1.29 is 13.9 Å². The van der Waals surface area contributed by atoms with Crippen molar-refractivity contribution in [2.24, 2.45) is 5.73 Å². The molecule has 0 bridgehead atoms. The Labute approximate surface area is 89.2 Å². The van der Waals surface area contributed by atoms with Gasteiger partial charge in [0.05, 0.1) is 4.47 Å². The highest BCUT2D eigenvalue weighted by atomic mass is 79.9. The summed E-state index contributed by atoms with van der Waals surface area (Å²) >= 11 is 3.00. The summed E-state index contributed by atoms with van der Waals surface area (Å²) in [7, 11) is 0. The van der Waals surface area contributed by atoms with Gasteiger partial charge >= 0.3 is 0 Å². The van der Waals surface area contributed by atoms with Gasteiger partial charge in [-0.15, -0.1) is 0 Å². The summed E-state index contributed by atoms with van der Waals surface area (Å²) in [5.41, 5.74) is 4.98. The van der Waals surface area contributed by atoms with Crippen molar-refractivity contribution in [2.75, 3.05) is 0 Å². The van der Waals surface area contributed by atoms with Crippen molar-refractivity contribution >= 4 is 21.8 Å². The number of hydrogen-bond donors (Lipinski definition) is 1. The molecule has 14 heavy (non-hydrogen) atoms. The van der Waals surface area contributed by atoms with Crippen molar-refractivity contribution in [3.63, 3.8) is 0 Å². The number of halogens is 2. The molecule has 0 aliphatic carbocycles. The minimum absolute atomic E-state index is 0.275. The molecule has 2 N–H and O–H groups in total. The second kappa shape index (κ2) is 4.41. The Morgan fingerprint density at radius 2 is 2.29 bits per heavy atom. The number of nitrogens with two attached hydrogens (primary N) is 1. The van der Waals surface area contributed by atoms with Crippen LogP contribution in [-0.2, 0) is 4.79 Å². The Balaban J connectivity index is 2.78. The van der Waals surface area contributed by atoms with Gasteiger partial charge in [-0.1, -0.05) is 0 Å². The Morgan fingerprint density at radius 1 is 1.64 bits per heavy atom. The monoisotopic (exact) mass is 261 g/mol. The first-order valence-electron chi connectivity index (χ1n) is 3.91. The molecule has 1 unspecified atom stereocenters. The third-order valence-electron chi connectivity index (χ3n) is 1.60. The van der Waals surface area contributed by atoms with Gasteiger partial charge in [-0.05, 0) is 35.0 Å². The molecule has 0 fully saturated rings. The third kappa shape index (κ3) is 2.70. The van der Waals surface area contributed by atoms with Gasteiger partial charge in [-0.25, -0.2) is 4.39 Å². The van der Waals surface area contributed by atoms with Gasteiger partial charge in [0, 0.05) is 6.07 Å². The van der Waals surface area contributed by atoms with E-state index in [2.05, 4.69) is 15.9 Å². The van der Waals surface area contributed by atoms with Crippen LogP contribution in [-0.4, -0.2) is 12.0 Å². The second-order valence-electron chi connectivity index (χ2n) is 2.74. The standard InChI is InChI=1S/C9H9BrFNO2/c1-5(9(12)13)14-6-2-3-7(10)8(11)4-6/h2-5H,1H3,(H2,12,13). The Hall–Kier alpha value is -1.10. The molecule has 0 radical (unpaired) electrons. The fourth-order valence-electron chi connectivity index (χ4n) is 0.812. The number of carbonyl (C=O) groups is 1. The van der Waals surface area contributed by atoms with Gasteiger partial charge in [-0.2, -0.15) is 0 Å². The fraction of sp³-hybridized carbons (Fsp3) is 0.222. The van der Waals surface area contributed by atoms with Crippen LogP contribution in [0.2, 0.25) is 0 Å². The van der Waals surface area contributed by atoms with Crippen LogP contribution in [0.4, 0.5) is 4.39 Å². The van der Waals surface area contributed by atoms with E-state index < -0.39 is 17.8 Å². The normalized spacial score (nSPS) is 12.2. The lowest BCUT2D eigenvalue weighted by atomic mass is 10.3. The van der Waals surface area contributed by atoms with Gasteiger partial charge in [0.2, 0.25) is 0 Å². The van der Waals surface area contributed by atoms with Crippen molar-refractivity contribution in [1.82, 2.24) is 0 Å². The van der Waals surface area contributed by atoms with Crippen LogP contribution < -0.4 is 10.5 Å². The molecule has 0 aliphatic heterocycles. The van der Waals surface area contributed by atoms with E-state index in [-0.39, 0.29) is 5.75 Å². The first-order valence-corrected chi connectivity index (χ1v) is 4.71. The summed E-state index contributed by atoms with van der Waals surface area (Å²) in [5, 5.41) is 0. The van der Waals surface area contributed by atoms with E-state index in [9.17, 15) is 9.18 Å². The number of carbonyl (C=O) groups excluding carboxylic acids is 1. The maximum absolute atomic E-state index is 13.0. The Morgan fingerprint density at radius 3 is 2.79 bits per heavy atom. The molecule has 1 rings (SSSR count). The quantitative estimate of drug-likeness (QED) is 0.903. The topological polar surface area (TPSA) is 52.3 Å². The molecule has 0 saturated heterocycles. The van der Waals surface area contributed by atoms with Crippen LogP contribution in [0, 0.1) is 5.82 Å². The SMILES string of the molecule is CC(Oc1ccc(Br)c(F)c1)C(N)=O. The lowest BCUT2D eigenvalue weighted by molar-refractivity contribution is -0.123. The molecular formula is C9H9BrFNO2. The van der Waals surface area contributed by atoms with Crippen molar-refractivity contribution in [2.45, 2.75) is 13.0 Å². The molecule has 1 amide bonds. The number of primary amides is 1. The van der Waals surface area contributed by atoms with E-state index in [1.807, 2.05) is 0 Å². The van der Waals surface area contributed by atoms with Crippen LogP contribution in [0.5, 0.6) is 5.75 Å². The summed E-state index contributed by atoms with van der Waals surface area (Å²) in [5.74, 6) is -0.760. The van der Waals surface area contributed by atoms with E-state index in [1.54, 1.807) is 6.07 Å². The first-order chi connectivity index (χ1) is 6.50. The molecule has 0 spiro atoms. The molecule has 5 heteroatoms. The summed E-state index contributed by atoms with van der Waals surface area (Å²) in [6.45, 7) is 1.50. The van der Waals surface area contributed by atoms with Gasteiger partial charge in [0.25, 0.3) is 5.91 Å². The molecule has 0 heterocycles. The summed E-state index contributed by atoms with van der Waals surface area (Å²) in [4.78, 5) is 10.6. The molecule has 1 aromatic carbocycles. The highest BCUT2D eigenvalue weighted by Crippen LogP contribution is 2.21. The summed E-state index contributed by atoms with van der Waals surface area (Å²) < 4.78 is 18.4. The van der Waals surface area contributed by atoms with E-state index in [0.29, 0.717) is 4.47 Å². The number of rotatable bonds is 3. The fourth-order valence-corrected chi connectivity index (χ4v) is 1.06. The Bertz CT molecular complexity index is 357. The molecule has 0 saturated carbocycles. The average molecular weight is 262 g/mol. The minimum Gasteiger partial charge on any atom is -0.481 e. The highest BCUT2D eigenvalue weighted by Gasteiger charge is 2.10. The molecule has 0 aromatic heterocycles. The van der Waals surface area contributed by atoms with E-state index in [0.717, 1.165) is 0 Å². The molecule has 3 nitrogen and oxygen atoms in total. The van der Waals surface area contributed by atoms with Crippen LogP contribution in [0.3, 0.4) is 0 Å². The lowest BCUT2D eigenvalue weighted by Crippen LogP contribution is -2.30. The largest absolute Gasteiger partial charge is 0.481 e. The molecular weight excluding hydrogens is 253 g/mol. The van der Waals surface area contributed by atoms with E-state index in [1.165, 1.54) is 19.1 Å². The van der Waals surface area contributed by atoms with Crippen molar-refractivity contribution in [3.05, 3.63) is 28.5 Å². The highest BCUT2D eigenvalue weighted by molar-refractivity contribution is 9.10. The second-order valence-corrected chi connectivity index (χ2v) is 3.59. The minimum atomic E-state index is -0.768. The zero-order valence-electron chi connectivity index (χ0n) is 7.46. The van der Waals surface area contributed by atoms with Crippen LogP contribution in [0.1, 0.15) is 6.92 Å². The molecule has 1 atom stereocenters. The van der Waals surface area contributed by atoms with Gasteiger partial charge in [0.15, 0.2) is 6.10 Å². The number of hydrogen-bond acceptors (Lipinski definition) is 2. The predicted octanol–water partition coefficient (Wildman–Crippen LogP) is 1.84. The molecule has 76 valence electrons. The van der Waals surface area contributed by atoms with Gasteiger partial charge < -0.3 is 10.5 Å². The summed E-state index contributed by atoms with van der Waals surface area (Å²) in [6, 6.07) is 4.23. The molecule has 1 aromatic rings. The molecule has 0 aliphatic rings. The van der Waals surface area contributed by atoms with Gasteiger partial charge in [0.1, 0.15) is 11.6 Å². The van der Waals surface area contributed by atoms with E-state index in [4.69, 9.17) is 10.5 Å². The maximum Gasteiger partial charge on any atom is 0.258 e. The van der Waals surface area contributed by atoms with Crippen LogP contribution >= 0.6 is 15.9 Å². The first kappa shape index (κ1) is 11.0. The Kier molecular flexibility index (Phi) is 3.46. The summed E-state index contributed by atoms with van der Waals surface area (Å²) in [6.07, 6.45) is -0.768. The van der Waals surface area contributed by atoms with Crippen molar-refractivity contribution in [3.8, 4) is 5.75 Å². The maximum atomic E-state index is 13.0. The lowest BCUT2D eigenvalue weighted by Gasteiger charge is -2.11. The van der Waals surface area contributed by atoms with Crippen LogP contribution in [0.15, 0.2) is 22.7 Å². The average Bonchev–Trinajstić information content (AvgIpc) is 2.11. The number of ether oxygens (including phenoxy) is 1. The van der Waals surface area contributed by atoms with Crippen molar-refractivity contribution in [1.29, 1.82) is 0 Å².